The summed E-state index contributed by atoms with van der Waals surface area (Å²) in [5.74, 6) is 1.89. The van der Waals surface area contributed by atoms with E-state index in [0.717, 1.165) is 6.42 Å². The lowest BCUT2D eigenvalue weighted by atomic mass is 9.95. The predicted molar refractivity (Wildman–Crippen MR) is 47.1 cm³/mol. The predicted octanol–water partition coefficient (Wildman–Crippen LogP) is 2.98. The van der Waals surface area contributed by atoms with E-state index in [2.05, 4.69) is 32.5 Å². The molecule has 0 aromatic carbocycles. The Balaban J connectivity index is 2.66. The van der Waals surface area contributed by atoms with Gasteiger partial charge in [-0.2, -0.15) is 0 Å². The van der Waals surface area contributed by atoms with Crippen LogP contribution in [-0.2, 0) is 0 Å². The largest absolute Gasteiger partial charge is 0.310 e. The zero-order chi connectivity index (χ0) is 8.65. The average molecular weight is 151 g/mol. The van der Waals surface area contributed by atoms with Gasteiger partial charge < -0.3 is 4.85 Å². The first-order valence-electron chi connectivity index (χ1n) is 4.43. The monoisotopic (exact) mass is 151 g/mol. The standard InChI is InChI=1S/C10H17N/c1-7(2)9-6-10(9,11-5)8(3)4/h7-9H,6H2,1-4H3. The first kappa shape index (κ1) is 8.59. The SMILES string of the molecule is [C-]#[N+]C1(C(C)C)CC1C(C)C. The van der Waals surface area contributed by atoms with Gasteiger partial charge in [0.25, 0.3) is 0 Å². The minimum Gasteiger partial charge on any atom is -0.310 e. The normalized spacial score (nSPS) is 35.9. The van der Waals surface area contributed by atoms with E-state index in [1.807, 2.05) is 0 Å². The molecule has 0 amide bonds. The van der Waals surface area contributed by atoms with Gasteiger partial charge in [-0.05, 0) is 5.92 Å². The van der Waals surface area contributed by atoms with E-state index in [0.29, 0.717) is 17.8 Å². The van der Waals surface area contributed by atoms with Gasteiger partial charge in [0.1, 0.15) is 0 Å². The van der Waals surface area contributed by atoms with Gasteiger partial charge in [-0.15, -0.1) is 0 Å². The third kappa shape index (κ3) is 1.15. The average Bonchev–Trinajstić information content (AvgIpc) is 2.62. The second-order valence-corrected chi connectivity index (χ2v) is 4.31. The molecule has 0 aliphatic heterocycles. The maximum absolute atomic E-state index is 7.15. The van der Waals surface area contributed by atoms with Crippen LogP contribution in [0, 0.1) is 24.3 Å². The van der Waals surface area contributed by atoms with Gasteiger partial charge in [-0.3, -0.25) is 0 Å². The summed E-state index contributed by atoms with van der Waals surface area (Å²) < 4.78 is 0. The number of rotatable bonds is 2. The van der Waals surface area contributed by atoms with Crippen LogP contribution in [0.25, 0.3) is 4.85 Å². The van der Waals surface area contributed by atoms with Crippen LogP contribution in [0.5, 0.6) is 0 Å². The van der Waals surface area contributed by atoms with E-state index in [-0.39, 0.29) is 5.54 Å². The Bertz CT molecular complexity index is 188. The molecule has 0 heterocycles. The van der Waals surface area contributed by atoms with Gasteiger partial charge in [0.05, 0.1) is 0 Å². The second-order valence-electron chi connectivity index (χ2n) is 4.31. The Labute approximate surface area is 69.6 Å². The summed E-state index contributed by atoms with van der Waals surface area (Å²) >= 11 is 0. The van der Waals surface area contributed by atoms with Crippen LogP contribution in [0.2, 0.25) is 0 Å². The number of nitrogens with zero attached hydrogens (tertiary/aromatic N) is 1. The molecule has 1 saturated carbocycles. The van der Waals surface area contributed by atoms with Crippen LogP contribution in [0.1, 0.15) is 34.1 Å². The highest BCUT2D eigenvalue weighted by atomic mass is 14.9. The van der Waals surface area contributed by atoms with E-state index in [1.165, 1.54) is 0 Å². The maximum atomic E-state index is 7.15. The maximum Gasteiger partial charge on any atom is 0.238 e. The van der Waals surface area contributed by atoms with Crippen molar-refractivity contribution in [2.45, 2.75) is 39.7 Å². The lowest BCUT2D eigenvalue weighted by molar-refractivity contribution is 0.435. The van der Waals surface area contributed by atoms with Gasteiger partial charge in [0.15, 0.2) is 0 Å². The van der Waals surface area contributed by atoms with Crippen molar-refractivity contribution < 1.29 is 0 Å². The summed E-state index contributed by atoms with van der Waals surface area (Å²) in [6.45, 7) is 15.9. The van der Waals surface area contributed by atoms with Gasteiger partial charge in [-0.1, -0.05) is 27.7 Å². The molecule has 11 heavy (non-hydrogen) atoms. The van der Waals surface area contributed by atoms with E-state index >= 15 is 0 Å². The van der Waals surface area contributed by atoms with Gasteiger partial charge in [-0.25, -0.2) is 6.57 Å². The Morgan fingerprint density at radius 3 is 2.00 bits per heavy atom. The summed E-state index contributed by atoms with van der Waals surface area (Å²) in [5.41, 5.74) is 0.0220. The van der Waals surface area contributed by atoms with Crippen molar-refractivity contribution in [1.82, 2.24) is 0 Å². The van der Waals surface area contributed by atoms with Crippen LogP contribution in [0.3, 0.4) is 0 Å². The van der Waals surface area contributed by atoms with Crippen LogP contribution in [-0.4, -0.2) is 5.54 Å². The van der Waals surface area contributed by atoms with Crippen LogP contribution in [0.4, 0.5) is 0 Å². The van der Waals surface area contributed by atoms with Crippen molar-refractivity contribution in [2.24, 2.45) is 17.8 Å². The van der Waals surface area contributed by atoms with Crippen LogP contribution < -0.4 is 0 Å². The topological polar surface area (TPSA) is 4.36 Å². The highest BCUT2D eigenvalue weighted by molar-refractivity contribution is 5.20. The van der Waals surface area contributed by atoms with E-state index in [9.17, 15) is 0 Å². The number of hydrogen-bond acceptors (Lipinski definition) is 0. The second kappa shape index (κ2) is 2.52. The summed E-state index contributed by atoms with van der Waals surface area (Å²) in [7, 11) is 0. The summed E-state index contributed by atoms with van der Waals surface area (Å²) in [5, 5.41) is 0. The fraction of sp³-hybridized carbons (Fsp3) is 0.900. The van der Waals surface area contributed by atoms with Crippen molar-refractivity contribution in [1.29, 1.82) is 0 Å². The Hall–Kier alpha value is -0.510. The minimum absolute atomic E-state index is 0.0220. The molecule has 1 aliphatic carbocycles. The Morgan fingerprint density at radius 2 is 1.91 bits per heavy atom. The summed E-state index contributed by atoms with van der Waals surface area (Å²) in [6.07, 6.45) is 1.13. The minimum atomic E-state index is 0.0220. The third-order valence-corrected chi connectivity index (χ3v) is 3.04. The number of hydrogen-bond donors (Lipinski definition) is 0. The molecule has 0 aromatic heterocycles. The Morgan fingerprint density at radius 1 is 1.36 bits per heavy atom. The molecule has 2 unspecified atom stereocenters. The molecule has 0 aromatic rings. The summed E-state index contributed by atoms with van der Waals surface area (Å²) in [4.78, 5) is 3.78. The third-order valence-electron chi connectivity index (χ3n) is 3.04. The van der Waals surface area contributed by atoms with Crippen LogP contribution in [0.15, 0.2) is 0 Å². The first-order valence-corrected chi connectivity index (χ1v) is 4.43. The molecule has 0 bridgehead atoms. The van der Waals surface area contributed by atoms with Crippen molar-refractivity contribution in [3.63, 3.8) is 0 Å². The molecule has 1 fully saturated rings. The fourth-order valence-electron chi connectivity index (χ4n) is 2.03. The zero-order valence-corrected chi connectivity index (χ0v) is 7.89. The molecule has 0 spiro atoms. The fourth-order valence-corrected chi connectivity index (χ4v) is 2.03. The van der Waals surface area contributed by atoms with Crippen LogP contribution >= 0.6 is 0 Å². The highest BCUT2D eigenvalue weighted by Crippen LogP contribution is 2.56. The molecule has 1 aliphatic rings. The molecule has 0 N–H and O–H groups in total. The molecule has 0 radical (unpaired) electrons. The van der Waals surface area contributed by atoms with Crippen molar-refractivity contribution >= 4 is 0 Å². The van der Waals surface area contributed by atoms with E-state index in [1.54, 1.807) is 0 Å². The Kier molecular flexibility index (Phi) is 1.96. The summed E-state index contributed by atoms with van der Waals surface area (Å²) in [6, 6.07) is 0. The van der Waals surface area contributed by atoms with Gasteiger partial charge >= 0.3 is 0 Å². The molecule has 0 saturated heterocycles. The lowest BCUT2D eigenvalue weighted by Crippen LogP contribution is -2.17. The molecule has 62 valence electrons. The molecular formula is C10H17N. The molecule has 2 atom stereocenters. The van der Waals surface area contributed by atoms with Crippen molar-refractivity contribution in [3.05, 3.63) is 11.4 Å². The first-order chi connectivity index (χ1) is 5.04. The molecule has 1 rings (SSSR count). The quantitative estimate of drug-likeness (QED) is 0.534. The zero-order valence-electron chi connectivity index (χ0n) is 7.89. The van der Waals surface area contributed by atoms with Gasteiger partial charge in [0.2, 0.25) is 5.54 Å². The molecule has 1 heteroatoms. The highest BCUT2D eigenvalue weighted by Gasteiger charge is 2.64. The van der Waals surface area contributed by atoms with Crippen molar-refractivity contribution in [3.8, 4) is 0 Å². The van der Waals surface area contributed by atoms with E-state index in [4.69, 9.17) is 6.57 Å². The molecular weight excluding hydrogens is 134 g/mol. The molecule has 1 nitrogen and oxygen atoms in total. The smallest absolute Gasteiger partial charge is 0.238 e. The van der Waals surface area contributed by atoms with E-state index < -0.39 is 0 Å². The lowest BCUT2D eigenvalue weighted by Gasteiger charge is -2.10. The van der Waals surface area contributed by atoms with Crippen molar-refractivity contribution in [2.75, 3.05) is 0 Å². The van der Waals surface area contributed by atoms with Gasteiger partial charge in [0, 0.05) is 18.3 Å².